The van der Waals surface area contributed by atoms with E-state index in [0.717, 1.165) is 31.0 Å². The summed E-state index contributed by atoms with van der Waals surface area (Å²) in [6.45, 7) is 8.29. The van der Waals surface area contributed by atoms with E-state index in [-0.39, 0.29) is 17.7 Å². The predicted octanol–water partition coefficient (Wildman–Crippen LogP) is 0.946. The zero-order chi connectivity index (χ0) is 17.8. The van der Waals surface area contributed by atoms with Gasteiger partial charge >= 0.3 is 0 Å². The largest absolute Gasteiger partial charge is 0.353 e. The molecule has 3 rings (SSSR count). The molecule has 0 unspecified atom stereocenters. The van der Waals surface area contributed by atoms with Crippen molar-refractivity contribution >= 4 is 17.6 Å². The van der Waals surface area contributed by atoms with Crippen LogP contribution >= 0.6 is 0 Å². The van der Waals surface area contributed by atoms with Crippen molar-refractivity contribution in [3.63, 3.8) is 0 Å². The number of rotatable bonds is 4. The van der Waals surface area contributed by atoms with Crippen LogP contribution in [-0.2, 0) is 16.0 Å². The number of aryl methyl sites for hydroxylation is 1. The average molecular weight is 345 g/mol. The molecule has 0 radical (unpaired) electrons. The monoisotopic (exact) mass is 345 g/mol. The summed E-state index contributed by atoms with van der Waals surface area (Å²) in [7, 11) is 0. The maximum absolute atomic E-state index is 12.8. The first-order valence-electron chi connectivity index (χ1n) is 9.24. The Morgan fingerprint density at radius 3 is 2.64 bits per heavy atom. The second kappa shape index (κ2) is 7.80. The molecule has 1 aromatic rings. The third kappa shape index (κ3) is 3.91. The average Bonchev–Trinajstić information content (AvgIpc) is 2.68. The smallest absolute Gasteiger partial charge is 0.227 e. The highest BCUT2D eigenvalue weighted by molar-refractivity contribution is 5.84. The van der Waals surface area contributed by atoms with E-state index >= 15 is 0 Å². The minimum absolute atomic E-state index is 0.0463. The SMILES string of the molecule is CCc1cc(N2CCN(C(=O)[C@@H]3CCC(=O)N(CC)C3)CC2)ncn1. The molecule has 0 bridgehead atoms. The molecular formula is C18H27N5O2. The molecule has 0 N–H and O–H groups in total. The normalized spacial score (nSPS) is 21.6. The van der Waals surface area contributed by atoms with Gasteiger partial charge in [0, 0.05) is 57.4 Å². The standard InChI is InChI=1S/C18H27N5O2/c1-3-15-11-16(20-13-19-15)22-7-9-23(10-8-22)18(25)14-5-6-17(24)21(4-2)12-14/h11,13-14H,3-10,12H2,1-2H3/t14-/m1/s1. The lowest BCUT2D eigenvalue weighted by atomic mass is 9.95. The van der Waals surface area contributed by atoms with E-state index in [4.69, 9.17) is 0 Å². The van der Waals surface area contributed by atoms with Crippen molar-refractivity contribution in [2.24, 2.45) is 5.92 Å². The fourth-order valence-electron chi connectivity index (χ4n) is 3.59. The highest BCUT2D eigenvalue weighted by atomic mass is 16.2. The first-order chi connectivity index (χ1) is 12.1. The number of hydrogen-bond donors (Lipinski definition) is 0. The first kappa shape index (κ1) is 17.6. The van der Waals surface area contributed by atoms with Gasteiger partial charge in [0.25, 0.3) is 0 Å². The maximum Gasteiger partial charge on any atom is 0.227 e. The molecule has 136 valence electrons. The van der Waals surface area contributed by atoms with Crippen molar-refractivity contribution < 1.29 is 9.59 Å². The quantitative estimate of drug-likeness (QED) is 0.812. The van der Waals surface area contributed by atoms with Crippen LogP contribution < -0.4 is 4.90 Å². The van der Waals surface area contributed by atoms with Gasteiger partial charge in [0.2, 0.25) is 11.8 Å². The molecule has 2 fully saturated rings. The Bertz CT molecular complexity index is 628. The van der Waals surface area contributed by atoms with Crippen molar-refractivity contribution in [1.29, 1.82) is 0 Å². The van der Waals surface area contributed by atoms with E-state index in [0.29, 0.717) is 39.0 Å². The number of carbonyl (C=O) groups is 2. The van der Waals surface area contributed by atoms with Gasteiger partial charge < -0.3 is 14.7 Å². The molecule has 0 spiro atoms. The van der Waals surface area contributed by atoms with Crippen LogP contribution in [-0.4, -0.2) is 70.9 Å². The molecule has 0 aliphatic carbocycles. The van der Waals surface area contributed by atoms with E-state index in [2.05, 4.69) is 21.8 Å². The molecule has 3 heterocycles. The highest BCUT2D eigenvalue weighted by Crippen LogP contribution is 2.21. The Kier molecular flexibility index (Phi) is 5.50. The van der Waals surface area contributed by atoms with Crippen LogP contribution in [0.25, 0.3) is 0 Å². The fourth-order valence-corrected chi connectivity index (χ4v) is 3.59. The van der Waals surface area contributed by atoms with Gasteiger partial charge in [-0.25, -0.2) is 9.97 Å². The van der Waals surface area contributed by atoms with Crippen LogP contribution in [0.3, 0.4) is 0 Å². The Morgan fingerprint density at radius 1 is 1.20 bits per heavy atom. The van der Waals surface area contributed by atoms with E-state index in [1.165, 1.54) is 0 Å². The van der Waals surface area contributed by atoms with Crippen LogP contribution in [0.4, 0.5) is 5.82 Å². The van der Waals surface area contributed by atoms with Gasteiger partial charge in [-0.15, -0.1) is 0 Å². The van der Waals surface area contributed by atoms with E-state index in [9.17, 15) is 9.59 Å². The second-order valence-electron chi connectivity index (χ2n) is 6.70. The first-order valence-corrected chi connectivity index (χ1v) is 9.24. The summed E-state index contributed by atoms with van der Waals surface area (Å²) in [6, 6.07) is 2.03. The zero-order valence-corrected chi connectivity index (χ0v) is 15.1. The number of piperidine rings is 1. The van der Waals surface area contributed by atoms with E-state index < -0.39 is 0 Å². The van der Waals surface area contributed by atoms with Gasteiger partial charge in [0.15, 0.2) is 0 Å². The van der Waals surface area contributed by atoms with Crippen LogP contribution in [0.5, 0.6) is 0 Å². The number of nitrogens with zero attached hydrogens (tertiary/aromatic N) is 5. The van der Waals surface area contributed by atoms with Gasteiger partial charge in [-0.1, -0.05) is 6.92 Å². The summed E-state index contributed by atoms with van der Waals surface area (Å²) in [6.07, 6.45) is 3.68. The molecule has 1 aromatic heterocycles. The summed E-state index contributed by atoms with van der Waals surface area (Å²) in [5.74, 6) is 1.27. The number of piperazine rings is 1. The van der Waals surface area contributed by atoms with Gasteiger partial charge in [0.1, 0.15) is 12.1 Å². The number of anilines is 1. The molecule has 0 aromatic carbocycles. The van der Waals surface area contributed by atoms with Crippen molar-refractivity contribution in [3.8, 4) is 0 Å². The van der Waals surface area contributed by atoms with Gasteiger partial charge in [-0.2, -0.15) is 0 Å². The predicted molar refractivity (Wildman–Crippen MR) is 95.2 cm³/mol. The van der Waals surface area contributed by atoms with E-state index in [1.807, 2.05) is 17.9 Å². The van der Waals surface area contributed by atoms with Crippen molar-refractivity contribution in [2.75, 3.05) is 44.2 Å². The molecule has 7 nitrogen and oxygen atoms in total. The molecule has 0 saturated carbocycles. The Hall–Kier alpha value is -2.18. The second-order valence-corrected chi connectivity index (χ2v) is 6.70. The number of aromatic nitrogens is 2. The Balaban J connectivity index is 1.56. The minimum atomic E-state index is -0.0463. The zero-order valence-electron chi connectivity index (χ0n) is 15.1. The summed E-state index contributed by atoms with van der Waals surface area (Å²) >= 11 is 0. The molecular weight excluding hydrogens is 318 g/mol. The highest BCUT2D eigenvalue weighted by Gasteiger charge is 2.33. The van der Waals surface area contributed by atoms with Crippen LogP contribution in [0, 0.1) is 5.92 Å². The summed E-state index contributed by atoms with van der Waals surface area (Å²) in [5.41, 5.74) is 1.04. The third-order valence-electron chi connectivity index (χ3n) is 5.22. The van der Waals surface area contributed by atoms with E-state index in [1.54, 1.807) is 11.2 Å². The maximum atomic E-state index is 12.8. The number of hydrogen-bond acceptors (Lipinski definition) is 5. The minimum Gasteiger partial charge on any atom is -0.353 e. The van der Waals surface area contributed by atoms with Crippen LogP contribution in [0.1, 0.15) is 32.4 Å². The molecule has 1 atom stereocenters. The summed E-state index contributed by atoms with van der Waals surface area (Å²) < 4.78 is 0. The number of carbonyl (C=O) groups excluding carboxylic acids is 2. The van der Waals surface area contributed by atoms with Crippen molar-refractivity contribution in [3.05, 3.63) is 18.1 Å². The molecule has 2 saturated heterocycles. The molecule has 2 aliphatic heterocycles. The molecule has 2 aliphatic rings. The van der Waals surface area contributed by atoms with Crippen LogP contribution in [0.15, 0.2) is 12.4 Å². The van der Waals surface area contributed by atoms with Gasteiger partial charge in [-0.3, -0.25) is 9.59 Å². The van der Waals surface area contributed by atoms with Gasteiger partial charge in [0.05, 0.1) is 5.92 Å². The molecule has 7 heteroatoms. The summed E-state index contributed by atoms with van der Waals surface area (Å²) in [5, 5.41) is 0. The number of amides is 2. The lowest BCUT2D eigenvalue weighted by Gasteiger charge is -2.39. The lowest BCUT2D eigenvalue weighted by molar-refractivity contribution is -0.143. The van der Waals surface area contributed by atoms with Crippen molar-refractivity contribution in [2.45, 2.75) is 33.1 Å². The Morgan fingerprint density at radius 2 is 1.96 bits per heavy atom. The fraction of sp³-hybridized carbons (Fsp3) is 0.667. The topological polar surface area (TPSA) is 69.6 Å². The molecule has 25 heavy (non-hydrogen) atoms. The summed E-state index contributed by atoms with van der Waals surface area (Å²) in [4.78, 5) is 39.2. The molecule has 2 amide bonds. The van der Waals surface area contributed by atoms with Crippen molar-refractivity contribution in [1.82, 2.24) is 19.8 Å². The van der Waals surface area contributed by atoms with Gasteiger partial charge in [-0.05, 0) is 19.8 Å². The Labute approximate surface area is 149 Å². The van der Waals surface area contributed by atoms with Crippen LogP contribution in [0.2, 0.25) is 0 Å². The lowest BCUT2D eigenvalue weighted by Crippen LogP contribution is -2.53. The third-order valence-corrected chi connectivity index (χ3v) is 5.22. The number of likely N-dealkylation sites (tertiary alicyclic amines) is 1.